The van der Waals surface area contributed by atoms with E-state index in [0.29, 0.717) is 18.5 Å². The van der Waals surface area contributed by atoms with Gasteiger partial charge in [-0.25, -0.2) is 13.4 Å². The fraction of sp³-hybridized carbons (Fsp3) is 0.600. The highest BCUT2D eigenvalue weighted by atomic mass is 32.2. The van der Waals surface area contributed by atoms with Crippen molar-refractivity contribution in [1.82, 2.24) is 10.3 Å². The monoisotopic (exact) mass is 274 g/mol. The molecule has 94 valence electrons. The third-order valence-corrected chi connectivity index (χ3v) is 5.23. The summed E-state index contributed by atoms with van der Waals surface area (Å²) in [5, 5.41) is 5.39. The molecule has 1 aliphatic rings. The molecule has 0 bridgehead atoms. The lowest BCUT2D eigenvalue weighted by atomic mass is 10.1. The van der Waals surface area contributed by atoms with Crippen LogP contribution in [0.25, 0.3) is 0 Å². The van der Waals surface area contributed by atoms with Crippen molar-refractivity contribution in [3.8, 4) is 0 Å². The predicted molar refractivity (Wildman–Crippen MR) is 66.0 cm³/mol. The van der Waals surface area contributed by atoms with Crippen LogP contribution in [0.3, 0.4) is 0 Å². The number of sulfone groups is 1. The van der Waals surface area contributed by atoms with Gasteiger partial charge in [-0.15, -0.1) is 11.3 Å². The Morgan fingerprint density at radius 1 is 1.47 bits per heavy atom. The van der Waals surface area contributed by atoms with E-state index in [4.69, 9.17) is 0 Å². The highest BCUT2D eigenvalue weighted by Crippen LogP contribution is 2.13. The first-order chi connectivity index (χ1) is 7.96. The van der Waals surface area contributed by atoms with Crippen molar-refractivity contribution in [1.29, 1.82) is 0 Å². The van der Waals surface area contributed by atoms with Crippen molar-refractivity contribution in [2.24, 2.45) is 0 Å². The number of rotatable bonds is 2. The van der Waals surface area contributed by atoms with Gasteiger partial charge in [0, 0.05) is 11.4 Å². The van der Waals surface area contributed by atoms with Gasteiger partial charge in [-0.05, 0) is 19.8 Å². The zero-order valence-corrected chi connectivity index (χ0v) is 11.1. The minimum Gasteiger partial charge on any atom is -0.348 e. The summed E-state index contributed by atoms with van der Waals surface area (Å²) in [6, 6.07) is -0.0481. The number of nitrogens with one attached hydrogen (secondary N) is 1. The Kier molecular flexibility index (Phi) is 3.48. The van der Waals surface area contributed by atoms with Gasteiger partial charge in [0.05, 0.1) is 16.5 Å². The molecule has 2 heterocycles. The SMILES string of the molecule is Cc1nc(C(=O)NC2CCS(=O)(=O)CC2)cs1. The summed E-state index contributed by atoms with van der Waals surface area (Å²) in [5.74, 6) is 0.112. The second-order valence-electron chi connectivity index (χ2n) is 4.15. The van der Waals surface area contributed by atoms with E-state index in [1.54, 1.807) is 5.38 Å². The first-order valence-corrected chi connectivity index (χ1v) is 8.10. The van der Waals surface area contributed by atoms with Crippen LogP contribution in [0.2, 0.25) is 0 Å². The third-order valence-electron chi connectivity index (χ3n) is 2.74. The number of carbonyl (C=O) groups is 1. The molecule has 0 spiro atoms. The van der Waals surface area contributed by atoms with E-state index in [2.05, 4.69) is 10.3 Å². The molecule has 0 atom stereocenters. The van der Waals surface area contributed by atoms with Crippen LogP contribution in [-0.2, 0) is 9.84 Å². The lowest BCUT2D eigenvalue weighted by Crippen LogP contribution is -2.40. The molecule has 1 amide bonds. The van der Waals surface area contributed by atoms with Gasteiger partial charge in [-0.1, -0.05) is 0 Å². The summed E-state index contributed by atoms with van der Waals surface area (Å²) in [6.45, 7) is 1.84. The normalized spacial score (nSPS) is 20.1. The van der Waals surface area contributed by atoms with E-state index in [1.165, 1.54) is 11.3 Å². The lowest BCUT2D eigenvalue weighted by Gasteiger charge is -2.22. The van der Waals surface area contributed by atoms with Crippen LogP contribution >= 0.6 is 11.3 Å². The summed E-state index contributed by atoms with van der Waals surface area (Å²) in [7, 11) is -2.88. The zero-order valence-electron chi connectivity index (χ0n) is 9.47. The van der Waals surface area contributed by atoms with Crippen molar-refractivity contribution in [2.45, 2.75) is 25.8 Å². The largest absolute Gasteiger partial charge is 0.348 e. The number of aryl methyl sites for hydroxylation is 1. The molecule has 1 fully saturated rings. The second kappa shape index (κ2) is 4.73. The van der Waals surface area contributed by atoms with E-state index in [0.717, 1.165) is 5.01 Å². The summed E-state index contributed by atoms with van der Waals surface area (Å²) < 4.78 is 22.5. The lowest BCUT2D eigenvalue weighted by molar-refractivity contribution is 0.0930. The number of thiazole rings is 1. The fourth-order valence-corrected chi connectivity index (χ4v) is 3.85. The second-order valence-corrected chi connectivity index (χ2v) is 7.52. The molecule has 1 aromatic rings. The Labute approximate surface area is 104 Å². The van der Waals surface area contributed by atoms with Gasteiger partial charge in [0.15, 0.2) is 0 Å². The standard InChI is InChI=1S/C10H14N2O3S2/c1-7-11-9(6-16-7)10(13)12-8-2-4-17(14,15)5-3-8/h6,8H,2-5H2,1H3,(H,12,13). The first kappa shape index (κ1) is 12.5. The Hall–Kier alpha value is -0.950. The van der Waals surface area contributed by atoms with Crippen LogP contribution in [-0.4, -0.2) is 36.9 Å². The Bertz CT molecular complexity index is 507. The molecule has 1 saturated heterocycles. The highest BCUT2D eigenvalue weighted by Gasteiger charge is 2.25. The molecule has 1 aliphatic heterocycles. The van der Waals surface area contributed by atoms with E-state index < -0.39 is 9.84 Å². The summed E-state index contributed by atoms with van der Waals surface area (Å²) >= 11 is 1.43. The van der Waals surface area contributed by atoms with Gasteiger partial charge < -0.3 is 5.32 Å². The third kappa shape index (κ3) is 3.26. The molecule has 0 aliphatic carbocycles. The van der Waals surface area contributed by atoms with E-state index in [-0.39, 0.29) is 23.5 Å². The Morgan fingerprint density at radius 3 is 2.65 bits per heavy atom. The minimum absolute atomic E-state index is 0.0481. The number of aromatic nitrogens is 1. The zero-order chi connectivity index (χ0) is 12.5. The number of hydrogen-bond acceptors (Lipinski definition) is 5. The number of carbonyl (C=O) groups excluding carboxylic acids is 1. The molecule has 0 unspecified atom stereocenters. The smallest absolute Gasteiger partial charge is 0.270 e. The maximum absolute atomic E-state index is 11.8. The van der Waals surface area contributed by atoms with Crippen molar-refractivity contribution in [3.05, 3.63) is 16.1 Å². The minimum atomic E-state index is -2.88. The molecule has 17 heavy (non-hydrogen) atoms. The maximum atomic E-state index is 11.8. The molecular weight excluding hydrogens is 260 g/mol. The Morgan fingerprint density at radius 2 is 2.12 bits per heavy atom. The molecule has 5 nitrogen and oxygen atoms in total. The first-order valence-electron chi connectivity index (χ1n) is 5.40. The quantitative estimate of drug-likeness (QED) is 0.863. The van der Waals surface area contributed by atoms with Gasteiger partial charge in [-0.3, -0.25) is 4.79 Å². The topological polar surface area (TPSA) is 76.1 Å². The molecule has 0 aromatic carbocycles. The number of nitrogens with zero attached hydrogens (tertiary/aromatic N) is 1. The summed E-state index contributed by atoms with van der Waals surface area (Å²) in [6.07, 6.45) is 0.994. The van der Waals surface area contributed by atoms with Gasteiger partial charge >= 0.3 is 0 Å². The molecule has 0 radical (unpaired) electrons. The fourth-order valence-electron chi connectivity index (χ4n) is 1.76. The average molecular weight is 274 g/mol. The maximum Gasteiger partial charge on any atom is 0.270 e. The number of hydrogen-bond donors (Lipinski definition) is 1. The van der Waals surface area contributed by atoms with Crippen LogP contribution in [0.5, 0.6) is 0 Å². The van der Waals surface area contributed by atoms with Crippen LogP contribution in [0, 0.1) is 6.92 Å². The molecule has 1 N–H and O–H groups in total. The molecule has 0 saturated carbocycles. The summed E-state index contributed by atoms with van der Waals surface area (Å²) in [5.41, 5.74) is 0.418. The number of amides is 1. The summed E-state index contributed by atoms with van der Waals surface area (Å²) in [4.78, 5) is 15.9. The molecule has 7 heteroatoms. The average Bonchev–Trinajstić information content (AvgIpc) is 2.68. The molecule has 1 aromatic heterocycles. The van der Waals surface area contributed by atoms with Crippen LogP contribution in [0.15, 0.2) is 5.38 Å². The van der Waals surface area contributed by atoms with E-state index in [9.17, 15) is 13.2 Å². The predicted octanol–water partition coefficient (Wildman–Crippen LogP) is 0.759. The van der Waals surface area contributed by atoms with Crippen LogP contribution in [0.4, 0.5) is 0 Å². The van der Waals surface area contributed by atoms with Gasteiger partial charge in [0.2, 0.25) is 0 Å². The van der Waals surface area contributed by atoms with Crippen LogP contribution in [0.1, 0.15) is 28.3 Å². The Balaban J connectivity index is 1.92. The van der Waals surface area contributed by atoms with Crippen molar-refractivity contribution in [2.75, 3.05) is 11.5 Å². The van der Waals surface area contributed by atoms with E-state index in [1.807, 2.05) is 6.92 Å². The van der Waals surface area contributed by atoms with E-state index >= 15 is 0 Å². The highest BCUT2D eigenvalue weighted by molar-refractivity contribution is 7.91. The van der Waals surface area contributed by atoms with Gasteiger partial charge in [0.25, 0.3) is 5.91 Å². The van der Waals surface area contributed by atoms with Gasteiger partial charge in [0.1, 0.15) is 15.5 Å². The van der Waals surface area contributed by atoms with Crippen LogP contribution < -0.4 is 5.32 Å². The molecular formula is C10H14N2O3S2. The van der Waals surface area contributed by atoms with Crippen molar-refractivity contribution < 1.29 is 13.2 Å². The van der Waals surface area contributed by atoms with Crippen molar-refractivity contribution in [3.63, 3.8) is 0 Å². The van der Waals surface area contributed by atoms with Crippen molar-refractivity contribution >= 4 is 27.1 Å². The van der Waals surface area contributed by atoms with Gasteiger partial charge in [-0.2, -0.15) is 0 Å². The molecule has 2 rings (SSSR count).